The van der Waals surface area contributed by atoms with Crippen molar-refractivity contribution >= 4 is 16.6 Å². The highest BCUT2D eigenvalue weighted by Crippen LogP contribution is 2.22. The van der Waals surface area contributed by atoms with Crippen molar-refractivity contribution in [1.82, 2.24) is 24.6 Å². The fourth-order valence-corrected chi connectivity index (χ4v) is 3.32. The predicted molar refractivity (Wildman–Crippen MR) is 114 cm³/mol. The first kappa shape index (κ1) is 19.0. The van der Waals surface area contributed by atoms with Gasteiger partial charge < -0.3 is 4.90 Å². The monoisotopic (exact) mass is 385 g/mol. The van der Waals surface area contributed by atoms with Crippen molar-refractivity contribution in [2.24, 2.45) is 7.05 Å². The normalized spacial score (nSPS) is 11.3. The number of hydrogen-bond donors (Lipinski definition) is 0. The van der Waals surface area contributed by atoms with Crippen LogP contribution in [0.25, 0.3) is 22.0 Å². The number of hydrogen-bond acceptors (Lipinski definition) is 5. The van der Waals surface area contributed by atoms with Crippen LogP contribution in [0.5, 0.6) is 0 Å². The molecule has 0 fully saturated rings. The fourth-order valence-electron chi connectivity index (χ4n) is 3.32. The van der Waals surface area contributed by atoms with E-state index >= 15 is 0 Å². The van der Waals surface area contributed by atoms with E-state index in [0.29, 0.717) is 5.56 Å². The van der Waals surface area contributed by atoms with E-state index in [4.69, 9.17) is 0 Å². The van der Waals surface area contributed by atoms with Crippen molar-refractivity contribution in [1.29, 1.82) is 0 Å². The number of aryl methyl sites for hydroxylation is 1. The van der Waals surface area contributed by atoms with Gasteiger partial charge in [0.2, 0.25) is 0 Å². The van der Waals surface area contributed by atoms with Gasteiger partial charge in [0.05, 0.1) is 18.3 Å². The number of rotatable bonds is 6. The Bertz CT molecular complexity index is 1160. The number of benzene rings is 1. The van der Waals surface area contributed by atoms with Crippen molar-refractivity contribution in [2.45, 2.75) is 13.0 Å². The zero-order valence-electron chi connectivity index (χ0n) is 16.8. The highest BCUT2D eigenvalue weighted by Gasteiger charge is 2.10. The van der Waals surface area contributed by atoms with Crippen LogP contribution in [-0.4, -0.2) is 44.5 Å². The van der Waals surface area contributed by atoms with Gasteiger partial charge in [0.25, 0.3) is 0 Å². The van der Waals surface area contributed by atoms with Crippen LogP contribution in [0, 0.1) is 0 Å². The first-order chi connectivity index (χ1) is 14.0. The van der Waals surface area contributed by atoms with Gasteiger partial charge >= 0.3 is 0 Å². The largest absolute Gasteiger partial charge is 0.305 e. The second-order valence-corrected chi connectivity index (χ2v) is 7.53. The van der Waals surface area contributed by atoms with Crippen LogP contribution < -0.4 is 0 Å². The molecule has 0 aliphatic rings. The maximum absolute atomic E-state index is 12.7. The van der Waals surface area contributed by atoms with E-state index in [1.807, 2.05) is 63.7 Å². The van der Waals surface area contributed by atoms with Crippen LogP contribution >= 0.6 is 0 Å². The Morgan fingerprint density at radius 1 is 1.00 bits per heavy atom. The van der Waals surface area contributed by atoms with Gasteiger partial charge in [-0.3, -0.25) is 19.4 Å². The molecule has 3 aromatic heterocycles. The molecule has 6 nitrogen and oxygen atoms in total. The lowest BCUT2D eigenvalue weighted by Gasteiger charge is -2.10. The summed E-state index contributed by atoms with van der Waals surface area (Å²) in [6.45, 7) is 0.855. The van der Waals surface area contributed by atoms with E-state index in [1.54, 1.807) is 23.3 Å². The van der Waals surface area contributed by atoms with Gasteiger partial charge in [-0.05, 0) is 37.2 Å². The molecule has 0 saturated carbocycles. The molecular formula is C23H23N5O. The maximum Gasteiger partial charge on any atom is 0.168 e. The van der Waals surface area contributed by atoms with Crippen LogP contribution in [0.4, 0.5) is 0 Å². The third-order valence-corrected chi connectivity index (χ3v) is 4.78. The Morgan fingerprint density at radius 2 is 1.76 bits per heavy atom. The molecule has 6 heteroatoms. The summed E-state index contributed by atoms with van der Waals surface area (Å²) in [6, 6.07) is 11.8. The smallest absolute Gasteiger partial charge is 0.168 e. The van der Waals surface area contributed by atoms with Gasteiger partial charge in [0.15, 0.2) is 5.78 Å². The summed E-state index contributed by atoms with van der Waals surface area (Å²) in [6.07, 6.45) is 7.57. The van der Waals surface area contributed by atoms with Gasteiger partial charge in [-0.1, -0.05) is 24.3 Å². The molecule has 29 heavy (non-hydrogen) atoms. The van der Waals surface area contributed by atoms with E-state index in [2.05, 4.69) is 20.0 Å². The fraction of sp³-hybridized carbons (Fsp3) is 0.217. The average molecular weight is 385 g/mol. The summed E-state index contributed by atoms with van der Waals surface area (Å²) in [5.41, 5.74) is 4.46. The van der Waals surface area contributed by atoms with Crippen molar-refractivity contribution in [2.75, 3.05) is 14.1 Å². The van der Waals surface area contributed by atoms with Gasteiger partial charge in [0.1, 0.15) is 0 Å². The molecule has 0 saturated heterocycles. The molecule has 0 aliphatic heterocycles. The molecular weight excluding hydrogens is 362 g/mol. The lowest BCUT2D eigenvalue weighted by atomic mass is 10.0. The first-order valence-corrected chi connectivity index (χ1v) is 9.48. The summed E-state index contributed by atoms with van der Waals surface area (Å²) in [5.74, 6) is 0.0646. The SMILES string of the molecule is CN(C)Cc1ccc(C(=O)Cc2cc3cc(-c4cnn(C)c4)ncc3cn2)cc1. The summed E-state index contributed by atoms with van der Waals surface area (Å²) >= 11 is 0. The summed E-state index contributed by atoms with van der Waals surface area (Å²) in [5, 5.41) is 6.16. The minimum absolute atomic E-state index is 0.0646. The van der Waals surface area contributed by atoms with E-state index < -0.39 is 0 Å². The Balaban J connectivity index is 1.55. The standard InChI is InChI=1S/C23H23N5O/c1-27(2)14-16-4-6-17(7-5-16)23(29)10-21-8-18-9-22(20-13-26-28(3)15-20)25-12-19(18)11-24-21/h4-9,11-13,15H,10,14H2,1-3H3. The lowest BCUT2D eigenvalue weighted by molar-refractivity contribution is 0.0992. The molecule has 1 aromatic carbocycles. The van der Waals surface area contributed by atoms with Gasteiger partial charge in [0, 0.05) is 54.4 Å². The van der Waals surface area contributed by atoms with Crippen molar-refractivity contribution in [3.63, 3.8) is 0 Å². The summed E-state index contributed by atoms with van der Waals surface area (Å²) in [7, 11) is 5.94. The molecule has 0 bridgehead atoms. The zero-order valence-corrected chi connectivity index (χ0v) is 16.8. The van der Waals surface area contributed by atoms with Crippen LogP contribution in [0.1, 0.15) is 21.6 Å². The number of pyridine rings is 2. The first-order valence-electron chi connectivity index (χ1n) is 9.48. The van der Waals surface area contributed by atoms with Gasteiger partial charge in [-0.25, -0.2) is 0 Å². The molecule has 0 N–H and O–H groups in total. The minimum atomic E-state index is 0.0646. The van der Waals surface area contributed by atoms with E-state index in [0.717, 1.165) is 34.3 Å². The molecule has 0 aliphatic carbocycles. The third-order valence-electron chi connectivity index (χ3n) is 4.78. The zero-order chi connectivity index (χ0) is 20.4. The Kier molecular flexibility index (Phi) is 5.18. The highest BCUT2D eigenvalue weighted by atomic mass is 16.1. The van der Waals surface area contributed by atoms with E-state index in [1.165, 1.54) is 5.56 Å². The van der Waals surface area contributed by atoms with Crippen LogP contribution in [0.2, 0.25) is 0 Å². The van der Waals surface area contributed by atoms with Gasteiger partial charge in [-0.15, -0.1) is 0 Å². The average Bonchev–Trinajstić information content (AvgIpc) is 3.14. The quantitative estimate of drug-likeness (QED) is 0.475. The van der Waals surface area contributed by atoms with Crippen LogP contribution in [-0.2, 0) is 20.0 Å². The van der Waals surface area contributed by atoms with Crippen molar-refractivity contribution < 1.29 is 4.79 Å². The van der Waals surface area contributed by atoms with Crippen LogP contribution in [0.15, 0.2) is 61.2 Å². The molecule has 3 heterocycles. The third kappa shape index (κ3) is 4.38. The predicted octanol–water partition coefficient (Wildman–Crippen LogP) is 3.52. The number of aromatic nitrogens is 4. The Labute approximate surface area is 169 Å². The minimum Gasteiger partial charge on any atom is -0.305 e. The topological polar surface area (TPSA) is 63.9 Å². The second-order valence-electron chi connectivity index (χ2n) is 7.53. The highest BCUT2D eigenvalue weighted by molar-refractivity contribution is 5.97. The van der Waals surface area contributed by atoms with Crippen LogP contribution in [0.3, 0.4) is 0 Å². The number of carbonyl (C=O) groups excluding carboxylic acids is 1. The molecule has 0 radical (unpaired) electrons. The molecule has 0 atom stereocenters. The molecule has 146 valence electrons. The number of Topliss-reactive ketones (excluding diaryl/α,β-unsaturated/α-hetero) is 1. The molecule has 0 amide bonds. The molecule has 0 unspecified atom stereocenters. The van der Waals surface area contributed by atoms with Crippen molar-refractivity contribution in [3.05, 3.63) is 78.0 Å². The number of ketones is 1. The Morgan fingerprint density at radius 3 is 2.45 bits per heavy atom. The maximum atomic E-state index is 12.7. The lowest BCUT2D eigenvalue weighted by Crippen LogP contribution is -2.11. The van der Waals surface area contributed by atoms with Gasteiger partial charge in [-0.2, -0.15) is 5.10 Å². The molecule has 4 rings (SSSR count). The molecule has 4 aromatic rings. The van der Waals surface area contributed by atoms with E-state index in [9.17, 15) is 4.79 Å². The number of carbonyl (C=O) groups is 1. The number of nitrogens with zero attached hydrogens (tertiary/aromatic N) is 5. The van der Waals surface area contributed by atoms with Crippen molar-refractivity contribution in [3.8, 4) is 11.3 Å². The molecule has 0 spiro atoms. The number of fused-ring (bicyclic) bond motifs is 1. The Hall–Kier alpha value is -3.38. The second kappa shape index (κ2) is 7.93. The summed E-state index contributed by atoms with van der Waals surface area (Å²) < 4.78 is 1.75. The summed E-state index contributed by atoms with van der Waals surface area (Å²) in [4.78, 5) is 23.7. The van der Waals surface area contributed by atoms with E-state index in [-0.39, 0.29) is 12.2 Å².